The molecule has 0 aliphatic rings. The Balaban J connectivity index is 1.90. The molecule has 0 aliphatic carbocycles. The van der Waals surface area contributed by atoms with Gasteiger partial charge in [-0.15, -0.1) is 0 Å². The van der Waals surface area contributed by atoms with Gasteiger partial charge in [-0.3, -0.25) is 0 Å². The number of nitrogens with zero attached hydrogens (tertiary/aromatic N) is 2. The fourth-order valence-corrected chi connectivity index (χ4v) is 2.36. The highest BCUT2D eigenvalue weighted by molar-refractivity contribution is 5.77. The zero-order valence-electron chi connectivity index (χ0n) is 14.8. The monoisotopic (exact) mass is 356 g/mol. The standard InChI is InChI=1S/C19H21FN4O2/c1-25-17-6-4-13(10-18(17)26-2)7-8-23-19(22)24-12-15-9-14(11-21)3-5-16(15)20/h3-6,9-10H,7-8,12H2,1-2H3,(H3,22,23,24). The van der Waals surface area contributed by atoms with Crippen molar-refractivity contribution in [1.82, 2.24) is 5.32 Å². The number of benzene rings is 2. The van der Waals surface area contributed by atoms with Gasteiger partial charge in [-0.05, 0) is 42.3 Å². The number of rotatable bonds is 7. The first-order chi connectivity index (χ1) is 12.6. The van der Waals surface area contributed by atoms with Crippen LogP contribution in [0.15, 0.2) is 41.4 Å². The van der Waals surface area contributed by atoms with E-state index in [0.29, 0.717) is 35.6 Å². The van der Waals surface area contributed by atoms with Crippen LogP contribution >= 0.6 is 0 Å². The molecule has 0 saturated heterocycles. The van der Waals surface area contributed by atoms with E-state index in [1.165, 1.54) is 18.2 Å². The number of hydrogen-bond donors (Lipinski definition) is 2. The van der Waals surface area contributed by atoms with E-state index in [0.717, 1.165) is 5.56 Å². The highest BCUT2D eigenvalue weighted by Gasteiger charge is 2.05. The Bertz CT molecular complexity index is 831. The Morgan fingerprint density at radius 3 is 2.65 bits per heavy atom. The molecule has 0 radical (unpaired) electrons. The van der Waals surface area contributed by atoms with Crippen molar-refractivity contribution >= 4 is 5.96 Å². The number of guanidine groups is 1. The zero-order chi connectivity index (χ0) is 18.9. The number of nitrogens with two attached hydrogens (primary N) is 1. The van der Waals surface area contributed by atoms with Gasteiger partial charge in [-0.2, -0.15) is 5.26 Å². The van der Waals surface area contributed by atoms with Crippen molar-refractivity contribution in [3.05, 3.63) is 58.9 Å². The Hall–Kier alpha value is -3.27. The van der Waals surface area contributed by atoms with Crippen molar-refractivity contribution in [2.24, 2.45) is 10.7 Å². The van der Waals surface area contributed by atoms with Gasteiger partial charge < -0.3 is 20.5 Å². The summed E-state index contributed by atoms with van der Waals surface area (Å²) >= 11 is 0. The quantitative estimate of drug-likeness (QED) is 0.587. The summed E-state index contributed by atoms with van der Waals surface area (Å²) in [6.45, 7) is 0.627. The molecule has 0 bridgehead atoms. The smallest absolute Gasteiger partial charge is 0.188 e. The zero-order valence-corrected chi connectivity index (χ0v) is 14.8. The molecular formula is C19H21FN4O2. The predicted octanol–water partition coefficient (Wildman–Crippen LogP) is 2.36. The van der Waals surface area contributed by atoms with Crippen LogP contribution in [0.3, 0.4) is 0 Å². The van der Waals surface area contributed by atoms with E-state index in [-0.39, 0.29) is 12.5 Å². The second kappa shape index (κ2) is 9.28. The number of methoxy groups -OCH3 is 2. The molecular weight excluding hydrogens is 335 g/mol. The largest absolute Gasteiger partial charge is 0.493 e. The van der Waals surface area contributed by atoms with Crippen LogP contribution in [0.25, 0.3) is 0 Å². The fourth-order valence-electron chi connectivity index (χ4n) is 2.36. The minimum absolute atomic E-state index is 0.0660. The summed E-state index contributed by atoms with van der Waals surface area (Å²) in [6, 6.07) is 11.8. The van der Waals surface area contributed by atoms with Gasteiger partial charge in [0.25, 0.3) is 0 Å². The van der Waals surface area contributed by atoms with Gasteiger partial charge in [0.2, 0.25) is 0 Å². The molecule has 6 nitrogen and oxygen atoms in total. The molecule has 2 rings (SSSR count). The number of ether oxygens (including phenoxy) is 2. The summed E-state index contributed by atoms with van der Waals surface area (Å²) in [6.07, 6.45) is 0.703. The van der Waals surface area contributed by atoms with E-state index in [1.54, 1.807) is 14.2 Å². The van der Waals surface area contributed by atoms with Crippen LogP contribution in [0.2, 0.25) is 0 Å². The minimum Gasteiger partial charge on any atom is -0.493 e. The van der Waals surface area contributed by atoms with E-state index in [2.05, 4.69) is 10.3 Å². The molecule has 0 unspecified atom stereocenters. The van der Waals surface area contributed by atoms with Gasteiger partial charge in [-0.1, -0.05) is 6.07 Å². The van der Waals surface area contributed by atoms with E-state index in [1.807, 2.05) is 24.3 Å². The molecule has 0 fully saturated rings. The van der Waals surface area contributed by atoms with Crippen LogP contribution in [0.1, 0.15) is 16.7 Å². The van der Waals surface area contributed by atoms with Gasteiger partial charge in [0, 0.05) is 12.1 Å². The maximum Gasteiger partial charge on any atom is 0.188 e. The molecule has 0 atom stereocenters. The molecule has 0 aromatic heterocycles. The molecule has 7 heteroatoms. The van der Waals surface area contributed by atoms with Gasteiger partial charge in [0.15, 0.2) is 17.5 Å². The number of halogens is 1. The van der Waals surface area contributed by atoms with Crippen LogP contribution in [0.4, 0.5) is 4.39 Å². The number of hydrogen-bond acceptors (Lipinski definition) is 4. The second-order valence-electron chi connectivity index (χ2n) is 5.49. The SMILES string of the molecule is COc1ccc(CCNC(N)=NCc2cc(C#N)ccc2F)cc1OC. The van der Waals surface area contributed by atoms with Crippen molar-refractivity contribution in [1.29, 1.82) is 5.26 Å². The van der Waals surface area contributed by atoms with Crippen molar-refractivity contribution in [3.8, 4) is 17.6 Å². The molecule has 0 spiro atoms. The van der Waals surface area contributed by atoms with Crippen LogP contribution in [-0.2, 0) is 13.0 Å². The molecule has 2 aromatic carbocycles. The average molecular weight is 356 g/mol. The maximum absolute atomic E-state index is 13.7. The normalized spacial score (nSPS) is 10.9. The summed E-state index contributed by atoms with van der Waals surface area (Å²) in [5, 5.41) is 11.8. The van der Waals surface area contributed by atoms with E-state index in [4.69, 9.17) is 20.5 Å². The van der Waals surface area contributed by atoms with Gasteiger partial charge >= 0.3 is 0 Å². The highest BCUT2D eigenvalue weighted by Crippen LogP contribution is 2.27. The van der Waals surface area contributed by atoms with Crippen LogP contribution in [0, 0.1) is 17.1 Å². The number of nitrogens with one attached hydrogen (secondary N) is 1. The van der Waals surface area contributed by atoms with Crippen LogP contribution < -0.4 is 20.5 Å². The first kappa shape index (κ1) is 19.1. The van der Waals surface area contributed by atoms with Crippen molar-refractivity contribution in [2.75, 3.05) is 20.8 Å². The predicted molar refractivity (Wildman–Crippen MR) is 97.7 cm³/mol. The highest BCUT2D eigenvalue weighted by atomic mass is 19.1. The molecule has 3 N–H and O–H groups in total. The van der Waals surface area contributed by atoms with Crippen molar-refractivity contribution in [2.45, 2.75) is 13.0 Å². The molecule has 2 aromatic rings. The molecule has 0 amide bonds. The maximum atomic E-state index is 13.7. The lowest BCUT2D eigenvalue weighted by Gasteiger charge is -2.10. The third-order valence-corrected chi connectivity index (χ3v) is 3.76. The summed E-state index contributed by atoms with van der Waals surface area (Å²) in [5.41, 5.74) is 7.58. The molecule has 26 heavy (non-hydrogen) atoms. The Labute approximate surface area is 152 Å². The third-order valence-electron chi connectivity index (χ3n) is 3.76. The molecule has 136 valence electrons. The summed E-state index contributed by atoms with van der Waals surface area (Å²) in [4.78, 5) is 4.11. The number of nitriles is 1. The van der Waals surface area contributed by atoms with Gasteiger partial charge in [0.1, 0.15) is 5.82 Å². The van der Waals surface area contributed by atoms with Gasteiger partial charge in [0.05, 0.1) is 32.4 Å². The lowest BCUT2D eigenvalue weighted by Crippen LogP contribution is -2.33. The molecule has 0 saturated carbocycles. The molecule has 0 aliphatic heterocycles. The number of aliphatic imine (C=N–C) groups is 1. The van der Waals surface area contributed by atoms with Crippen molar-refractivity contribution in [3.63, 3.8) is 0 Å². The topological polar surface area (TPSA) is 92.7 Å². The van der Waals surface area contributed by atoms with Crippen LogP contribution in [0.5, 0.6) is 11.5 Å². The summed E-state index contributed by atoms with van der Waals surface area (Å²) in [7, 11) is 3.18. The van der Waals surface area contributed by atoms with Crippen molar-refractivity contribution < 1.29 is 13.9 Å². The lowest BCUT2D eigenvalue weighted by atomic mass is 10.1. The first-order valence-electron chi connectivity index (χ1n) is 8.00. The van der Waals surface area contributed by atoms with E-state index in [9.17, 15) is 4.39 Å². The Morgan fingerprint density at radius 2 is 1.96 bits per heavy atom. The Kier molecular flexibility index (Phi) is 6.80. The Morgan fingerprint density at radius 1 is 1.19 bits per heavy atom. The minimum atomic E-state index is -0.411. The fraction of sp³-hybridized carbons (Fsp3) is 0.263. The third kappa shape index (κ3) is 5.11. The van der Waals surface area contributed by atoms with E-state index < -0.39 is 5.82 Å². The van der Waals surface area contributed by atoms with Crippen LogP contribution in [-0.4, -0.2) is 26.7 Å². The first-order valence-corrected chi connectivity index (χ1v) is 8.00. The summed E-state index contributed by atoms with van der Waals surface area (Å²) < 4.78 is 24.2. The second-order valence-corrected chi connectivity index (χ2v) is 5.49. The summed E-state index contributed by atoms with van der Waals surface area (Å²) in [5.74, 6) is 1.14. The average Bonchev–Trinajstić information content (AvgIpc) is 2.67. The molecule has 0 heterocycles. The van der Waals surface area contributed by atoms with Gasteiger partial charge in [-0.25, -0.2) is 9.38 Å². The van der Waals surface area contributed by atoms with E-state index >= 15 is 0 Å². The lowest BCUT2D eigenvalue weighted by molar-refractivity contribution is 0.354.